The molecule has 0 fully saturated rings. The molecule has 0 aliphatic carbocycles. The number of likely N-dealkylation sites (N-methyl/N-ethyl adjacent to an activating group) is 1. The number of nitrogens with zero attached hydrogens (tertiary/aromatic N) is 3. The number of carbonyl (C=O) groups is 1. The highest BCUT2D eigenvalue weighted by Gasteiger charge is 2.23. The number of aryl methyl sites for hydroxylation is 1. The lowest BCUT2D eigenvalue weighted by Crippen LogP contribution is -2.38. The minimum absolute atomic E-state index is 0. The highest BCUT2D eigenvalue weighted by Crippen LogP contribution is 2.36. The first-order valence-electron chi connectivity index (χ1n) is 11.6. The number of rotatable bonds is 12. The first-order valence-corrected chi connectivity index (χ1v) is 14.1. The summed E-state index contributed by atoms with van der Waals surface area (Å²) < 4.78 is 44.8. The van der Waals surface area contributed by atoms with Gasteiger partial charge in [-0.2, -0.15) is 0 Å². The summed E-state index contributed by atoms with van der Waals surface area (Å²) in [7, 11) is -2.02. The van der Waals surface area contributed by atoms with Gasteiger partial charge in [0.15, 0.2) is 15.0 Å². The van der Waals surface area contributed by atoms with Gasteiger partial charge in [-0.25, -0.2) is 17.8 Å². The van der Waals surface area contributed by atoms with Gasteiger partial charge in [0.05, 0.1) is 22.5 Å². The van der Waals surface area contributed by atoms with Gasteiger partial charge in [-0.3, -0.25) is 9.69 Å². The Kier molecular flexibility index (Phi) is 11.1. The van der Waals surface area contributed by atoms with Crippen molar-refractivity contribution in [1.29, 1.82) is 0 Å². The van der Waals surface area contributed by atoms with Crippen LogP contribution in [0.5, 0.6) is 5.75 Å². The molecule has 1 aromatic heterocycles. The van der Waals surface area contributed by atoms with Crippen LogP contribution in [0, 0.1) is 12.7 Å². The second-order valence-electron chi connectivity index (χ2n) is 8.21. The Morgan fingerprint density at radius 2 is 1.75 bits per heavy atom. The number of ether oxygens (including phenoxy) is 1. The second-order valence-corrected chi connectivity index (χ2v) is 11.3. The normalized spacial score (nSPS) is 11.5. The molecule has 0 radical (unpaired) electrons. The van der Waals surface area contributed by atoms with Crippen LogP contribution in [0.25, 0.3) is 10.2 Å². The van der Waals surface area contributed by atoms with Gasteiger partial charge in [0.1, 0.15) is 17.1 Å². The Labute approximate surface area is 222 Å². The molecule has 1 heterocycles. The van der Waals surface area contributed by atoms with E-state index in [-0.39, 0.29) is 41.8 Å². The molecule has 0 saturated heterocycles. The minimum Gasteiger partial charge on any atom is -0.494 e. The maximum Gasteiger partial charge on any atom is 0.228 e. The predicted octanol–water partition coefficient (Wildman–Crippen LogP) is 5.10. The SMILES string of the molecule is CCN(CC)CCN(C(=O)CCCS(=O)(=O)c1ccc(F)cc1)c1nc2c(OC)ccc(C)c2s1.Cl. The quantitative estimate of drug-likeness (QED) is 0.288. The van der Waals surface area contributed by atoms with E-state index >= 15 is 0 Å². The second kappa shape index (κ2) is 13.3. The lowest BCUT2D eigenvalue weighted by molar-refractivity contribution is -0.118. The molecule has 198 valence electrons. The number of hydrogen-bond donors (Lipinski definition) is 0. The molecular weight excluding hydrogens is 525 g/mol. The van der Waals surface area contributed by atoms with Gasteiger partial charge < -0.3 is 9.64 Å². The van der Waals surface area contributed by atoms with E-state index in [9.17, 15) is 17.6 Å². The fourth-order valence-corrected chi connectivity index (χ4v) is 6.20. The molecule has 0 aliphatic heterocycles. The van der Waals surface area contributed by atoms with Gasteiger partial charge in [0.25, 0.3) is 0 Å². The van der Waals surface area contributed by atoms with Crippen molar-refractivity contribution in [1.82, 2.24) is 9.88 Å². The Morgan fingerprint density at radius 3 is 2.36 bits per heavy atom. The van der Waals surface area contributed by atoms with Crippen LogP contribution in [-0.2, 0) is 14.6 Å². The van der Waals surface area contributed by atoms with Crippen LogP contribution < -0.4 is 9.64 Å². The molecule has 0 unspecified atom stereocenters. The molecule has 3 rings (SSSR count). The summed E-state index contributed by atoms with van der Waals surface area (Å²) >= 11 is 1.44. The Balaban J connectivity index is 0.00000456. The van der Waals surface area contributed by atoms with Crippen molar-refractivity contribution < 1.29 is 22.3 Å². The highest BCUT2D eigenvalue weighted by molar-refractivity contribution is 7.91. The number of thiazole rings is 1. The van der Waals surface area contributed by atoms with Crippen molar-refractivity contribution in [2.75, 3.05) is 43.9 Å². The van der Waals surface area contributed by atoms with E-state index in [1.54, 1.807) is 12.0 Å². The number of sulfone groups is 1. The number of aromatic nitrogens is 1. The van der Waals surface area contributed by atoms with Crippen LogP contribution in [0.4, 0.5) is 9.52 Å². The number of fused-ring (bicyclic) bond motifs is 1. The van der Waals surface area contributed by atoms with Crippen LogP contribution in [-0.4, -0.2) is 63.3 Å². The summed E-state index contributed by atoms with van der Waals surface area (Å²) in [5.74, 6) is -0.219. The summed E-state index contributed by atoms with van der Waals surface area (Å²) in [6.07, 6.45) is 0.221. The third-order valence-corrected chi connectivity index (χ3v) is 8.98. The summed E-state index contributed by atoms with van der Waals surface area (Å²) in [6.45, 7) is 8.99. The lowest BCUT2D eigenvalue weighted by Gasteiger charge is -2.24. The van der Waals surface area contributed by atoms with Gasteiger partial charge in [-0.05, 0) is 62.3 Å². The van der Waals surface area contributed by atoms with Crippen LogP contribution in [0.1, 0.15) is 32.3 Å². The smallest absolute Gasteiger partial charge is 0.228 e. The number of hydrogen-bond acceptors (Lipinski definition) is 7. The molecule has 0 N–H and O–H groups in total. The zero-order valence-electron chi connectivity index (χ0n) is 21.0. The van der Waals surface area contributed by atoms with Gasteiger partial charge in [-0.1, -0.05) is 31.3 Å². The van der Waals surface area contributed by atoms with Crippen molar-refractivity contribution in [3.8, 4) is 5.75 Å². The van der Waals surface area contributed by atoms with Crippen LogP contribution >= 0.6 is 23.7 Å². The Morgan fingerprint density at radius 1 is 1.08 bits per heavy atom. The molecule has 11 heteroatoms. The summed E-state index contributed by atoms with van der Waals surface area (Å²) in [5.41, 5.74) is 1.76. The van der Waals surface area contributed by atoms with Crippen LogP contribution in [0.15, 0.2) is 41.3 Å². The maximum atomic E-state index is 13.3. The number of amides is 1. The maximum absolute atomic E-state index is 13.3. The first-order chi connectivity index (χ1) is 16.7. The molecule has 3 aromatic rings. The molecule has 1 amide bonds. The van der Waals surface area contributed by atoms with Crippen molar-refractivity contribution >= 4 is 54.8 Å². The van der Waals surface area contributed by atoms with Gasteiger partial charge >= 0.3 is 0 Å². The molecular formula is C25H33ClFN3O4S2. The van der Waals surface area contributed by atoms with E-state index in [1.807, 2.05) is 19.1 Å². The monoisotopic (exact) mass is 557 g/mol. The van der Waals surface area contributed by atoms with Gasteiger partial charge in [0, 0.05) is 19.5 Å². The van der Waals surface area contributed by atoms with Crippen LogP contribution in [0.3, 0.4) is 0 Å². The fourth-order valence-electron chi connectivity index (χ4n) is 3.80. The number of benzene rings is 2. The Hall–Kier alpha value is -2.27. The number of methoxy groups -OCH3 is 1. The molecule has 36 heavy (non-hydrogen) atoms. The number of anilines is 1. The third kappa shape index (κ3) is 7.15. The molecule has 2 aromatic carbocycles. The fraction of sp³-hybridized carbons (Fsp3) is 0.440. The minimum atomic E-state index is -3.61. The zero-order valence-corrected chi connectivity index (χ0v) is 23.4. The first kappa shape index (κ1) is 30.0. The molecule has 0 bridgehead atoms. The summed E-state index contributed by atoms with van der Waals surface area (Å²) in [4.78, 5) is 22.0. The van der Waals surface area contributed by atoms with Gasteiger partial charge in [0.2, 0.25) is 5.91 Å². The topological polar surface area (TPSA) is 79.8 Å². The van der Waals surface area contributed by atoms with Crippen molar-refractivity contribution in [2.24, 2.45) is 0 Å². The average molecular weight is 558 g/mol. The van der Waals surface area contributed by atoms with Crippen molar-refractivity contribution in [2.45, 2.75) is 38.5 Å². The van der Waals surface area contributed by atoms with Gasteiger partial charge in [-0.15, -0.1) is 12.4 Å². The summed E-state index contributed by atoms with van der Waals surface area (Å²) in [6, 6.07) is 8.57. The lowest BCUT2D eigenvalue weighted by atomic mass is 10.2. The predicted molar refractivity (Wildman–Crippen MR) is 146 cm³/mol. The summed E-state index contributed by atoms with van der Waals surface area (Å²) in [5, 5.41) is 0.575. The number of halogens is 2. The molecule has 0 spiro atoms. The third-order valence-electron chi connectivity index (χ3n) is 5.95. The zero-order chi connectivity index (χ0) is 25.6. The average Bonchev–Trinajstić information content (AvgIpc) is 3.28. The Bertz CT molecular complexity index is 1260. The van der Waals surface area contributed by atoms with E-state index < -0.39 is 15.7 Å². The van der Waals surface area contributed by atoms with Crippen molar-refractivity contribution in [3.05, 3.63) is 47.8 Å². The van der Waals surface area contributed by atoms with E-state index in [2.05, 4.69) is 18.7 Å². The van der Waals surface area contributed by atoms with E-state index in [0.717, 1.165) is 35.5 Å². The molecule has 0 saturated carbocycles. The highest BCUT2D eigenvalue weighted by atomic mass is 35.5. The van der Waals surface area contributed by atoms with E-state index in [4.69, 9.17) is 9.72 Å². The van der Waals surface area contributed by atoms with E-state index in [0.29, 0.717) is 29.5 Å². The molecule has 0 atom stereocenters. The largest absolute Gasteiger partial charge is 0.494 e. The standard InChI is InChI=1S/C25H32FN3O4S2.ClH/c1-5-28(6-2)15-16-29(25-27-23-21(33-4)14-9-18(3)24(23)34-25)22(30)8-7-17-35(31,32)20-12-10-19(26)11-13-20;/h9-14H,5-8,15-17H2,1-4H3;1H. The van der Waals surface area contributed by atoms with E-state index in [1.165, 1.54) is 23.5 Å². The molecule has 7 nitrogen and oxygen atoms in total. The van der Waals surface area contributed by atoms with Crippen molar-refractivity contribution in [3.63, 3.8) is 0 Å². The molecule has 0 aliphatic rings. The van der Waals surface area contributed by atoms with Crippen LogP contribution in [0.2, 0.25) is 0 Å². The number of carbonyl (C=O) groups excluding carboxylic acids is 1.